The van der Waals surface area contributed by atoms with Crippen molar-refractivity contribution < 1.29 is 24.0 Å². The van der Waals surface area contributed by atoms with E-state index in [9.17, 15) is 19.2 Å². The van der Waals surface area contributed by atoms with Crippen molar-refractivity contribution in [3.05, 3.63) is 0 Å². The van der Waals surface area contributed by atoms with E-state index in [0.29, 0.717) is 32.0 Å². The van der Waals surface area contributed by atoms with Crippen LogP contribution in [0.3, 0.4) is 0 Å². The highest BCUT2D eigenvalue weighted by molar-refractivity contribution is 7.77. The molecule has 4 unspecified atom stereocenters. The standard InChI is InChI=1S/C27H52N6O4S.C4H8.C2H6.CH3NO/c1-17(2)33(38)15-13-28-16-21(26(5,6)7)30-25(37)31-22(27(8,9)10)24(36)32-14-11-12-20(32)23(35)29-18(3)19(4)34;1-4-2-3-4;1-2;2-1-3/h17-18,20-22,28,38H,11-16H2,1-10H3,(H,29,35)(H2,30,31,37);4H,2-3H2,1H3;1-2H3;1H,(H2,2,3). The molecular formula is C34H69N7O5S. The number of thiol groups is 1. The lowest BCUT2D eigenvalue weighted by molar-refractivity contribution is -0.142. The van der Waals surface area contributed by atoms with E-state index in [2.05, 4.69) is 81.4 Å². The first-order chi connectivity index (χ1) is 21.7. The second kappa shape index (κ2) is 23.1. The van der Waals surface area contributed by atoms with Gasteiger partial charge in [0.2, 0.25) is 18.2 Å². The van der Waals surface area contributed by atoms with E-state index in [4.69, 9.17) is 4.79 Å². The zero-order valence-electron chi connectivity index (χ0n) is 31.7. The van der Waals surface area contributed by atoms with Gasteiger partial charge in [-0.05, 0) is 57.3 Å². The van der Waals surface area contributed by atoms with Crippen molar-refractivity contribution in [3.8, 4) is 0 Å². The minimum absolute atomic E-state index is 0.147. The average Bonchev–Trinajstić information content (AvgIpc) is 3.58. The molecule has 0 aromatic rings. The van der Waals surface area contributed by atoms with Crippen LogP contribution in [-0.4, -0.2) is 95.6 Å². The highest BCUT2D eigenvalue weighted by atomic mass is 32.1. The van der Waals surface area contributed by atoms with Crippen LogP contribution in [0.4, 0.5) is 4.79 Å². The minimum atomic E-state index is -0.835. The number of carbonyl (C=O) groups excluding carboxylic acids is 5. The van der Waals surface area contributed by atoms with Crippen LogP contribution in [0.1, 0.15) is 116 Å². The Kier molecular flexibility index (Phi) is 22.9. The molecule has 1 saturated carbocycles. The first-order valence-electron chi connectivity index (χ1n) is 17.2. The van der Waals surface area contributed by atoms with Crippen LogP contribution < -0.4 is 27.0 Å². The Morgan fingerprint density at radius 3 is 1.87 bits per heavy atom. The lowest BCUT2D eigenvalue weighted by atomic mass is 9.85. The van der Waals surface area contributed by atoms with Crippen LogP contribution in [0.5, 0.6) is 0 Å². The van der Waals surface area contributed by atoms with Crippen LogP contribution in [0.2, 0.25) is 0 Å². The zero-order chi connectivity index (χ0) is 37.1. The molecule has 0 spiro atoms. The molecule has 2 fully saturated rings. The summed E-state index contributed by atoms with van der Waals surface area (Å²) in [5.41, 5.74) is 3.35. The van der Waals surface area contributed by atoms with Gasteiger partial charge in [0.05, 0.1) is 6.04 Å². The summed E-state index contributed by atoms with van der Waals surface area (Å²) in [6.45, 7) is 27.8. The van der Waals surface area contributed by atoms with Gasteiger partial charge < -0.3 is 31.9 Å². The molecule has 1 aliphatic carbocycles. The molecule has 2 rings (SSSR count). The molecule has 0 bridgehead atoms. The van der Waals surface area contributed by atoms with E-state index < -0.39 is 29.6 Å². The first-order valence-corrected chi connectivity index (χ1v) is 17.6. The molecule has 1 aliphatic heterocycles. The van der Waals surface area contributed by atoms with Crippen molar-refractivity contribution in [2.24, 2.45) is 22.5 Å². The van der Waals surface area contributed by atoms with Gasteiger partial charge in [0.15, 0.2) is 5.78 Å². The average molecular weight is 688 g/mol. The highest BCUT2D eigenvalue weighted by Crippen LogP contribution is 2.27. The van der Waals surface area contributed by atoms with Crippen molar-refractivity contribution in [1.29, 1.82) is 0 Å². The Morgan fingerprint density at radius 1 is 0.957 bits per heavy atom. The number of amides is 5. The summed E-state index contributed by atoms with van der Waals surface area (Å²) in [5.74, 6) is 0.298. The van der Waals surface area contributed by atoms with Gasteiger partial charge in [-0.1, -0.05) is 88.0 Å². The number of nitrogens with two attached hydrogens (primary N) is 1. The Bertz CT molecular complexity index is 948. The zero-order valence-corrected chi connectivity index (χ0v) is 32.6. The van der Waals surface area contributed by atoms with E-state index in [0.717, 1.165) is 19.0 Å². The number of hydrogen-bond acceptors (Lipinski definition) is 8. The van der Waals surface area contributed by atoms with Crippen molar-refractivity contribution in [1.82, 2.24) is 30.5 Å². The van der Waals surface area contributed by atoms with Crippen molar-refractivity contribution in [2.75, 3.05) is 26.2 Å². The molecule has 0 aromatic heterocycles. The summed E-state index contributed by atoms with van der Waals surface area (Å²) in [5, 5.41) is 12.1. The molecule has 13 heteroatoms. The number of carbonyl (C=O) groups is 5. The van der Waals surface area contributed by atoms with Crippen LogP contribution in [-0.2, 0) is 19.2 Å². The summed E-state index contributed by atoms with van der Waals surface area (Å²) >= 11 is 4.46. The van der Waals surface area contributed by atoms with E-state index in [1.54, 1.807) is 11.8 Å². The third kappa shape index (κ3) is 19.9. The fraction of sp³-hybridized carbons (Fsp3) is 0.853. The minimum Gasteiger partial charge on any atom is -0.372 e. The van der Waals surface area contributed by atoms with Crippen LogP contribution in [0, 0.1) is 16.7 Å². The normalized spacial score (nSPS) is 17.8. The van der Waals surface area contributed by atoms with Crippen LogP contribution in [0.15, 0.2) is 0 Å². The molecule has 12 nitrogen and oxygen atoms in total. The van der Waals surface area contributed by atoms with Gasteiger partial charge in [-0.2, -0.15) is 0 Å². The molecule has 4 atom stereocenters. The van der Waals surface area contributed by atoms with Crippen LogP contribution in [0.25, 0.3) is 0 Å². The van der Waals surface area contributed by atoms with Gasteiger partial charge in [-0.25, -0.2) is 9.10 Å². The van der Waals surface area contributed by atoms with E-state index in [1.165, 1.54) is 19.8 Å². The maximum Gasteiger partial charge on any atom is 0.315 e. The second-order valence-electron chi connectivity index (χ2n) is 14.6. The molecular weight excluding hydrogens is 618 g/mol. The SMILES string of the molecule is CC.CC(=O)C(C)NC(=O)C1CCCN1C(=O)C(NC(=O)NC(CNCCN(S)C(C)C)C(C)(C)C)C(C)(C)C.CC1CC1.NC=O. The number of primary amides is 1. The summed E-state index contributed by atoms with van der Waals surface area (Å²) in [4.78, 5) is 61.5. The predicted octanol–water partition coefficient (Wildman–Crippen LogP) is 3.89. The van der Waals surface area contributed by atoms with Crippen molar-refractivity contribution in [2.45, 2.75) is 146 Å². The Morgan fingerprint density at radius 2 is 1.47 bits per heavy atom. The fourth-order valence-corrected chi connectivity index (χ4v) is 4.40. The summed E-state index contributed by atoms with van der Waals surface area (Å²) in [7, 11) is 0. The van der Waals surface area contributed by atoms with Crippen molar-refractivity contribution >= 4 is 42.9 Å². The van der Waals surface area contributed by atoms with Crippen molar-refractivity contribution in [3.63, 3.8) is 0 Å². The number of hydrogen-bond donors (Lipinski definition) is 6. The van der Waals surface area contributed by atoms with Gasteiger partial charge in [-0.3, -0.25) is 19.2 Å². The number of nitrogens with one attached hydrogen (secondary N) is 4. The summed E-state index contributed by atoms with van der Waals surface area (Å²) in [6.07, 6.45) is 4.42. The third-order valence-electron chi connectivity index (χ3n) is 7.87. The number of likely N-dealkylation sites (tertiary alicyclic amines) is 1. The van der Waals surface area contributed by atoms with E-state index in [-0.39, 0.29) is 35.5 Å². The maximum atomic E-state index is 13.7. The van der Waals surface area contributed by atoms with Gasteiger partial charge in [0, 0.05) is 38.3 Å². The lowest BCUT2D eigenvalue weighted by Gasteiger charge is -2.37. The van der Waals surface area contributed by atoms with Crippen LogP contribution >= 0.6 is 12.8 Å². The molecule has 1 heterocycles. The molecule has 276 valence electrons. The quantitative estimate of drug-likeness (QED) is 0.103. The topological polar surface area (TPSA) is 166 Å². The molecule has 0 radical (unpaired) electrons. The number of Topliss-reactive ketones (excluding diaryl/α,β-unsaturated/α-hetero) is 1. The second-order valence-corrected chi connectivity index (χ2v) is 15.2. The van der Waals surface area contributed by atoms with E-state index in [1.807, 2.05) is 38.9 Å². The van der Waals surface area contributed by atoms with Gasteiger partial charge >= 0.3 is 6.03 Å². The first kappa shape index (κ1) is 46.7. The van der Waals surface area contributed by atoms with Gasteiger partial charge in [0.1, 0.15) is 12.1 Å². The molecule has 6 N–H and O–H groups in total. The lowest BCUT2D eigenvalue weighted by Crippen LogP contribution is -2.61. The smallest absolute Gasteiger partial charge is 0.315 e. The Hall–Kier alpha value is -2.38. The number of ketones is 1. The number of rotatable bonds is 12. The molecule has 5 amide bonds. The van der Waals surface area contributed by atoms with Gasteiger partial charge in [0.25, 0.3) is 0 Å². The molecule has 0 aromatic carbocycles. The monoisotopic (exact) mass is 688 g/mol. The largest absolute Gasteiger partial charge is 0.372 e. The molecule has 2 aliphatic rings. The Balaban J connectivity index is 0. The molecule has 1 saturated heterocycles. The summed E-state index contributed by atoms with van der Waals surface area (Å²) < 4.78 is 1.95. The number of nitrogens with zero attached hydrogens (tertiary/aromatic N) is 2. The Labute approximate surface area is 291 Å². The molecule has 47 heavy (non-hydrogen) atoms. The predicted molar refractivity (Wildman–Crippen MR) is 195 cm³/mol. The van der Waals surface area contributed by atoms with Gasteiger partial charge in [-0.15, -0.1) is 0 Å². The summed E-state index contributed by atoms with van der Waals surface area (Å²) in [6, 6.07) is -2.41. The fourth-order valence-electron chi connectivity index (χ4n) is 4.30. The highest BCUT2D eigenvalue weighted by Gasteiger charge is 2.42. The maximum absolute atomic E-state index is 13.7. The van der Waals surface area contributed by atoms with E-state index >= 15 is 0 Å². The third-order valence-corrected chi connectivity index (χ3v) is 8.54. The number of urea groups is 1.